The first-order chi connectivity index (χ1) is 37.6. The normalized spacial score (nSPS) is 27.1. The summed E-state index contributed by atoms with van der Waals surface area (Å²) in [5, 5.41) is 113. The molecule has 29 heteroatoms. The van der Waals surface area contributed by atoms with Crippen LogP contribution < -0.4 is 35.5 Å². The van der Waals surface area contributed by atoms with Crippen LogP contribution in [0.4, 0.5) is 0 Å². The minimum atomic E-state index is -2.48. The van der Waals surface area contributed by atoms with Crippen molar-refractivity contribution in [2.75, 3.05) is 32.8 Å². The molecule has 0 bridgehead atoms. The molecule has 0 spiro atoms. The Morgan fingerprint density at radius 3 is 2.15 bits per heavy atom. The smallest absolute Gasteiger partial charge is 0.261 e. The molecule has 0 aromatic heterocycles. The van der Waals surface area contributed by atoms with Crippen LogP contribution in [0.3, 0.4) is 0 Å². The summed E-state index contributed by atoms with van der Waals surface area (Å²) >= 11 is -0.00803. The third-order valence-corrected chi connectivity index (χ3v) is 14.1. The van der Waals surface area contributed by atoms with Gasteiger partial charge in [-0.3, -0.25) is 33.6 Å². The van der Waals surface area contributed by atoms with Crippen molar-refractivity contribution < 1.29 is 98.0 Å². The van der Waals surface area contributed by atoms with E-state index in [4.69, 9.17) is 20.7 Å². The summed E-state index contributed by atoms with van der Waals surface area (Å²) in [6, 6.07) is -2.98. The third kappa shape index (κ3) is 17.0. The number of aliphatic hydroxyl groups excluding tert-OH is 7. The quantitative estimate of drug-likeness (QED) is 0.0221. The summed E-state index contributed by atoms with van der Waals surface area (Å²) in [6.45, 7) is 9.99. The zero-order valence-corrected chi connectivity index (χ0v) is 44.4. The first kappa shape index (κ1) is 63.4. The Kier molecular flexibility index (Phi) is 24.3. The number of rotatable bonds is 20. The molecular formula is C50H70N8O20S. The second-order valence-electron chi connectivity index (χ2n) is 19.7. The van der Waals surface area contributed by atoms with E-state index in [9.17, 15) is 74.4 Å². The Hall–Kier alpha value is -6.43. The predicted octanol–water partition coefficient (Wildman–Crippen LogP) is -2.15. The number of hydrogen-bond acceptors (Lipinski definition) is 21. The second kappa shape index (κ2) is 30.2. The van der Waals surface area contributed by atoms with Crippen molar-refractivity contribution in [3.8, 4) is 17.2 Å². The van der Waals surface area contributed by atoms with Crippen LogP contribution in [0.2, 0.25) is 0 Å². The molecule has 0 saturated carbocycles. The van der Waals surface area contributed by atoms with Crippen LogP contribution in [-0.2, 0) is 38.1 Å². The average Bonchev–Trinajstić information content (AvgIpc) is 4.04. The van der Waals surface area contributed by atoms with Gasteiger partial charge in [0.15, 0.2) is 17.6 Å². The Bertz CT molecular complexity index is 2450. The third-order valence-electron chi connectivity index (χ3n) is 13.7. The van der Waals surface area contributed by atoms with Crippen LogP contribution in [0.5, 0.6) is 17.2 Å². The average molecular weight is 1140 g/mol. The molecule has 3 saturated heterocycles. The summed E-state index contributed by atoms with van der Waals surface area (Å²) in [4.78, 5) is 105. The number of aliphatic hydroxyl groups is 7. The summed E-state index contributed by atoms with van der Waals surface area (Å²) < 4.78 is 15.0. The molecule has 2 aromatic rings. The number of amides is 7. The number of β-amino-alcohol motifs (C(OH)–C–C–N with tert-alkyl or cyclic N) is 1. The highest BCUT2D eigenvalue weighted by atomic mass is 32.2. The van der Waals surface area contributed by atoms with Crippen molar-refractivity contribution in [3.05, 3.63) is 65.0 Å². The van der Waals surface area contributed by atoms with Gasteiger partial charge < -0.3 is 91.0 Å². The van der Waals surface area contributed by atoms with Crippen LogP contribution in [0.1, 0.15) is 94.2 Å². The number of nitrogens with zero attached hydrogens (tertiary/aromatic N) is 3. The van der Waals surface area contributed by atoms with Crippen molar-refractivity contribution in [2.45, 2.75) is 151 Å². The molecule has 7 amide bonds. The van der Waals surface area contributed by atoms with E-state index >= 15 is 0 Å². The summed E-state index contributed by atoms with van der Waals surface area (Å²) in [6.07, 6.45) is -8.31. The molecule has 0 radical (unpaired) electrons. The van der Waals surface area contributed by atoms with Gasteiger partial charge in [0.2, 0.25) is 42.0 Å². The van der Waals surface area contributed by atoms with Crippen LogP contribution >= 0.6 is 12.3 Å². The Balaban J connectivity index is 1.53. The monoisotopic (exact) mass is 1130 g/mol. The summed E-state index contributed by atoms with van der Waals surface area (Å²) in [5.41, 5.74) is -0.291. The van der Waals surface area contributed by atoms with Crippen LogP contribution in [0.15, 0.2) is 42.5 Å². The van der Waals surface area contributed by atoms with Crippen molar-refractivity contribution in [3.63, 3.8) is 0 Å². The maximum Gasteiger partial charge on any atom is 0.261 e. The maximum atomic E-state index is 14.6. The van der Waals surface area contributed by atoms with Crippen LogP contribution in [0, 0.1) is 12.5 Å². The van der Waals surface area contributed by atoms with E-state index in [0.717, 1.165) is 73.4 Å². The fourth-order valence-electron chi connectivity index (χ4n) is 9.33. The van der Waals surface area contributed by atoms with Crippen molar-refractivity contribution in [1.29, 1.82) is 0 Å². The molecule has 14 N–H and O–H groups in total. The number of ether oxygens (including phenoxy) is 1. The molecule has 436 valence electrons. The fraction of sp³-hybridized carbons (Fsp3) is 0.600. The summed E-state index contributed by atoms with van der Waals surface area (Å²) in [5.74, 6) is -9.81. The molecular weight excluding hydrogens is 1060 g/mol. The van der Waals surface area contributed by atoms with Crippen molar-refractivity contribution in [1.82, 2.24) is 36.4 Å². The Labute approximate surface area is 458 Å². The van der Waals surface area contributed by atoms with Crippen LogP contribution in [-0.4, -0.2) is 203 Å². The lowest BCUT2D eigenvalue weighted by Gasteiger charge is -2.34. The minimum Gasteiger partial charge on any atom is -0.504 e. The number of aromatic hydroxyl groups is 1. The van der Waals surface area contributed by atoms with Gasteiger partial charge in [0, 0.05) is 44.0 Å². The molecule has 7 unspecified atom stereocenters. The molecule has 5 rings (SSSR count). The number of phenolic OH excluding ortho intramolecular Hbond substituents is 1. The zero-order chi connectivity index (χ0) is 58.1. The highest BCUT2D eigenvalue weighted by molar-refractivity contribution is 7.90. The van der Waals surface area contributed by atoms with Gasteiger partial charge in [0.25, 0.3) is 18.2 Å². The van der Waals surface area contributed by atoms with Gasteiger partial charge in [-0.25, -0.2) is 11.8 Å². The number of unbranched alkanes of at least 4 members (excludes halogenated alkanes) is 5. The number of carbonyl (C=O) groups is 7. The minimum absolute atomic E-state index is 0.00803. The topological polar surface area (TPSA) is 409 Å². The van der Waals surface area contributed by atoms with Crippen LogP contribution in [0.25, 0.3) is 4.85 Å². The van der Waals surface area contributed by atoms with Crippen molar-refractivity contribution in [2.24, 2.45) is 5.92 Å². The lowest BCUT2D eigenvalue weighted by molar-refractivity contribution is -0.433. The highest BCUT2D eigenvalue weighted by Crippen LogP contribution is 2.34. The summed E-state index contributed by atoms with van der Waals surface area (Å²) in [7, 11) is 0. The molecule has 0 aliphatic carbocycles. The van der Waals surface area contributed by atoms with E-state index in [0.29, 0.717) is 12.4 Å². The molecule has 3 heterocycles. The maximum absolute atomic E-state index is 14.6. The molecule has 28 nitrogen and oxygen atoms in total. The van der Waals surface area contributed by atoms with E-state index < -0.39 is 177 Å². The van der Waals surface area contributed by atoms with Gasteiger partial charge in [0.05, 0.1) is 31.0 Å². The first-order valence-electron chi connectivity index (χ1n) is 25.7. The van der Waals surface area contributed by atoms with E-state index in [1.807, 2.05) is 0 Å². The number of carbonyl (C=O) groups excluding carboxylic acids is 7. The van der Waals surface area contributed by atoms with E-state index in [2.05, 4.69) is 47.7 Å². The lowest BCUT2D eigenvalue weighted by atomic mass is 9.96. The number of nitrogens with one attached hydrogen (secondary N) is 5. The first-order valence-corrected chi connectivity index (χ1v) is 26.4. The SMILES string of the molecule is [C-]#[N+]C[C@@H](O)[C@@H]1NC(=O)C([C@H](O)[C@@H](O)c2ccc(O)c(OSOOO)c2)NC(=O)C2CC(O)CN2C(=O)C(C(C)O)NC(=O)[C@@H](NC(=O)c2ccc(OCCCCCCCC)cc2)C[C@H](O)CNC(=O)C2[C@@H](O)C(C)CN2C1=O. The van der Waals surface area contributed by atoms with E-state index in [-0.39, 0.29) is 23.5 Å². The molecule has 3 aliphatic rings. The number of hydrogen-bond donors (Lipinski definition) is 14. The highest BCUT2D eigenvalue weighted by Gasteiger charge is 2.50. The second-order valence-corrected chi connectivity index (χ2v) is 20.1. The van der Waals surface area contributed by atoms with Crippen molar-refractivity contribution >= 4 is 53.7 Å². The molecule has 3 aliphatic heterocycles. The lowest BCUT2D eigenvalue weighted by Crippen LogP contribution is -2.64. The number of benzene rings is 2. The number of phenols is 1. The fourth-order valence-corrected chi connectivity index (χ4v) is 9.59. The van der Waals surface area contributed by atoms with Gasteiger partial charge in [-0.2, -0.15) is 0 Å². The van der Waals surface area contributed by atoms with E-state index in [1.54, 1.807) is 0 Å². The van der Waals surface area contributed by atoms with Gasteiger partial charge in [-0.05, 0) is 55.3 Å². The predicted molar refractivity (Wildman–Crippen MR) is 274 cm³/mol. The molecule has 14 atom stereocenters. The van der Waals surface area contributed by atoms with E-state index in [1.165, 1.54) is 31.2 Å². The molecule has 79 heavy (non-hydrogen) atoms. The van der Waals surface area contributed by atoms with Gasteiger partial charge in [-0.1, -0.05) is 61.4 Å². The zero-order valence-electron chi connectivity index (χ0n) is 43.6. The van der Waals surface area contributed by atoms with Gasteiger partial charge in [0.1, 0.15) is 54.2 Å². The van der Waals surface area contributed by atoms with Gasteiger partial charge >= 0.3 is 0 Å². The Morgan fingerprint density at radius 1 is 0.823 bits per heavy atom. The number of fused-ring (bicyclic) bond motifs is 2. The van der Waals surface area contributed by atoms with Gasteiger partial charge in [-0.15, -0.1) is 0 Å². The Morgan fingerprint density at radius 2 is 1.48 bits per heavy atom. The standard InChI is InChI=1S/C50H70N8O20S/c1-5-6-7-8-9-10-17-75-31-14-11-27(12-15-31)44(67)53-32-19-29(60)21-52-48(71)40-41(64)25(2)23-58(40)50(73)38(35(63)22-51-4)55-47(70)39(43(66)42(65)28-13-16-34(62)36(18-28)76-79-78-77-74)56-46(69)33-20-30(61)24-57(33)49(72)37(26(3)59)54-45(32)68/h11-16,18,25-26,29-30,32-33,35,37-43,59-66,74H,5-10,17,19-24H2,1-3H3,(H,52,71)(H,53,67)(H,54,68)(H,55,70)(H,56,69)/t25?,26?,29-,30?,32-,33?,35+,37?,38-,39?,40?,41-,42-,43-/m0/s1. The molecule has 2 aromatic carbocycles. The largest absolute Gasteiger partial charge is 0.504 e. The molecule has 3 fully saturated rings.